The summed E-state index contributed by atoms with van der Waals surface area (Å²) in [4.78, 5) is 2.50. The minimum absolute atomic E-state index is 0.169. The summed E-state index contributed by atoms with van der Waals surface area (Å²) in [5.74, 6) is 0. The predicted molar refractivity (Wildman–Crippen MR) is 48.3 cm³/mol. The number of hydrogen-bond donors (Lipinski definition) is 1. The van der Waals surface area contributed by atoms with Crippen LogP contribution in [0.15, 0.2) is 0 Å². The molecule has 12 heavy (non-hydrogen) atoms. The highest BCUT2D eigenvalue weighted by Gasteiger charge is 2.42. The van der Waals surface area contributed by atoms with Crippen LogP contribution >= 0.6 is 0 Å². The molecular formula is C9H18N2O. The Morgan fingerprint density at radius 3 is 2.67 bits per heavy atom. The Hall–Kier alpha value is -0.120. The Kier molecular flexibility index (Phi) is 2.10. The van der Waals surface area contributed by atoms with Gasteiger partial charge >= 0.3 is 0 Å². The van der Waals surface area contributed by atoms with Crippen LogP contribution in [0.2, 0.25) is 0 Å². The lowest BCUT2D eigenvalue weighted by Crippen LogP contribution is -2.69. The molecule has 2 aliphatic rings. The Labute approximate surface area is 74.1 Å². The largest absolute Gasteiger partial charge is 0.370 e. The first-order valence-corrected chi connectivity index (χ1v) is 4.81. The normalized spacial score (nSPS) is 29.2. The van der Waals surface area contributed by atoms with E-state index in [4.69, 9.17) is 4.74 Å². The fourth-order valence-corrected chi connectivity index (χ4v) is 1.93. The fourth-order valence-electron chi connectivity index (χ4n) is 1.93. The van der Waals surface area contributed by atoms with Gasteiger partial charge in [0.25, 0.3) is 0 Å². The van der Waals surface area contributed by atoms with Crippen LogP contribution in [0.1, 0.15) is 13.8 Å². The molecule has 0 bridgehead atoms. The first-order chi connectivity index (χ1) is 5.72. The smallest absolute Gasteiger partial charge is 0.106 e. The van der Waals surface area contributed by atoms with Crippen molar-refractivity contribution in [2.24, 2.45) is 0 Å². The van der Waals surface area contributed by atoms with Crippen LogP contribution in [0.3, 0.4) is 0 Å². The highest BCUT2D eigenvalue weighted by molar-refractivity contribution is 4.99. The molecule has 2 rings (SSSR count). The zero-order valence-corrected chi connectivity index (χ0v) is 7.97. The minimum Gasteiger partial charge on any atom is -0.370 e. The van der Waals surface area contributed by atoms with Gasteiger partial charge in [-0.05, 0) is 13.8 Å². The molecule has 2 heterocycles. The Morgan fingerprint density at radius 1 is 1.42 bits per heavy atom. The van der Waals surface area contributed by atoms with Crippen molar-refractivity contribution in [1.29, 1.82) is 0 Å². The van der Waals surface area contributed by atoms with E-state index in [0.29, 0.717) is 6.04 Å². The second-order valence-electron chi connectivity index (χ2n) is 4.20. The van der Waals surface area contributed by atoms with Gasteiger partial charge in [-0.25, -0.2) is 0 Å². The van der Waals surface area contributed by atoms with Gasteiger partial charge in [-0.3, -0.25) is 4.90 Å². The van der Waals surface area contributed by atoms with Crippen LogP contribution < -0.4 is 5.32 Å². The standard InChI is InChI=1S/C9H18N2O/c1-8(2)11-3-4-12-9(7-11)5-10-6-9/h8,10H,3-7H2,1-2H3. The molecule has 0 aromatic rings. The molecule has 1 N–H and O–H groups in total. The van der Waals surface area contributed by atoms with E-state index >= 15 is 0 Å². The lowest BCUT2D eigenvalue weighted by molar-refractivity contribution is -0.141. The average molecular weight is 170 g/mol. The third-order valence-corrected chi connectivity index (χ3v) is 2.90. The first-order valence-electron chi connectivity index (χ1n) is 4.81. The van der Waals surface area contributed by atoms with Gasteiger partial charge in [-0.2, -0.15) is 0 Å². The fraction of sp³-hybridized carbons (Fsp3) is 1.00. The van der Waals surface area contributed by atoms with Crippen LogP contribution in [-0.4, -0.2) is 49.3 Å². The summed E-state index contributed by atoms with van der Waals surface area (Å²) < 4.78 is 5.78. The van der Waals surface area contributed by atoms with Crippen molar-refractivity contribution in [3.63, 3.8) is 0 Å². The van der Waals surface area contributed by atoms with E-state index in [-0.39, 0.29) is 5.60 Å². The van der Waals surface area contributed by atoms with E-state index in [1.165, 1.54) is 0 Å². The van der Waals surface area contributed by atoms with Gasteiger partial charge in [0.2, 0.25) is 0 Å². The van der Waals surface area contributed by atoms with Crippen LogP contribution in [0.5, 0.6) is 0 Å². The van der Waals surface area contributed by atoms with E-state index in [1.807, 2.05) is 0 Å². The van der Waals surface area contributed by atoms with Crippen LogP contribution in [-0.2, 0) is 4.74 Å². The van der Waals surface area contributed by atoms with Crippen molar-refractivity contribution in [3.05, 3.63) is 0 Å². The van der Waals surface area contributed by atoms with Gasteiger partial charge in [0, 0.05) is 32.2 Å². The summed E-state index contributed by atoms with van der Waals surface area (Å²) in [6.45, 7) is 9.69. The monoisotopic (exact) mass is 170 g/mol. The summed E-state index contributed by atoms with van der Waals surface area (Å²) in [6, 6.07) is 0.659. The van der Waals surface area contributed by atoms with Crippen molar-refractivity contribution < 1.29 is 4.74 Å². The van der Waals surface area contributed by atoms with Gasteiger partial charge < -0.3 is 10.1 Å². The van der Waals surface area contributed by atoms with E-state index in [9.17, 15) is 0 Å². The maximum atomic E-state index is 5.78. The molecule has 70 valence electrons. The average Bonchev–Trinajstić information content (AvgIpc) is 2.02. The van der Waals surface area contributed by atoms with Gasteiger partial charge in [0.1, 0.15) is 5.60 Å². The molecule has 2 aliphatic heterocycles. The maximum Gasteiger partial charge on any atom is 0.106 e. The molecule has 0 radical (unpaired) electrons. The maximum absolute atomic E-state index is 5.78. The minimum atomic E-state index is 0.169. The summed E-state index contributed by atoms with van der Waals surface area (Å²) in [7, 11) is 0. The Bertz CT molecular complexity index is 166. The number of hydrogen-bond acceptors (Lipinski definition) is 3. The van der Waals surface area contributed by atoms with Gasteiger partial charge in [0.15, 0.2) is 0 Å². The van der Waals surface area contributed by atoms with Gasteiger partial charge in [0.05, 0.1) is 6.61 Å². The van der Waals surface area contributed by atoms with Crippen molar-refractivity contribution in [1.82, 2.24) is 10.2 Å². The number of rotatable bonds is 1. The summed E-state index contributed by atoms with van der Waals surface area (Å²) in [5.41, 5.74) is 0.169. The molecule has 3 nitrogen and oxygen atoms in total. The van der Waals surface area contributed by atoms with Gasteiger partial charge in [-0.1, -0.05) is 0 Å². The highest BCUT2D eigenvalue weighted by Crippen LogP contribution is 2.23. The molecule has 0 aromatic heterocycles. The number of nitrogens with one attached hydrogen (secondary N) is 1. The molecule has 0 amide bonds. The van der Waals surface area contributed by atoms with Gasteiger partial charge in [-0.15, -0.1) is 0 Å². The second-order valence-corrected chi connectivity index (χ2v) is 4.20. The van der Waals surface area contributed by atoms with Crippen molar-refractivity contribution in [2.45, 2.75) is 25.5 Å². The lowest BCUT2D eigenvalue weighted by Gasteiger charge is -2.49. The molecular weight excluding hydrogens is 152 g/mol. The van der Waals surface area contributed by atoms with Crippen molar-refractivity contribution in [3.8, 4) is 0 Å². The molecule has 0 saturated carbocycles. The van der Waals surface area contributed by atoms with E-state index in [2.05, 4.69) is 24.1 Å². The topological polar surface area (TPSA) is 24.5 Å². The molecule has 0 aromatic carbocycles. The zero-order chi connectivity index (χ0) is 8.60. The number of nitrogens with zero attached hydrogens (tertiary/aromatic N) is 1. The molecule has 0 atom stereocenters. The number of ether oxygens (including phenoxy) is 1. The molecule has 2 saturated heterocycles. The number of morpholine rings is 1. The summed E-state index contributed by atoms with van der Waals surface area (Å²) in [6.07, 6.45) is 0. The van der Waals surface area contributed by atoms with Crippen LogP contribution in [0, 0.1) is 0 Å². The third kappa shape index (κ3) is 1.37. The lowest BCUT2D eigenvalue weighted by atomic mass is 9.94. The first kappa shape index (κ1) is 8.48. The molecule has 3 heteroatoms. The van der Waals surface area contributed by atoms with Crippen molar-refractivity contribution >= 4 is 0 Å². The van der Waals surface area contributed by atoms with Crippen LogP contribution in [0.25, 0.3) is 0 Å². The Morgan fingerprint density at radius 2 is 2.17 bits per heavy atom. The third-order valence-electron chi connectivity index (χ3n) is 2.90. The van der Waals surface area contributed by atoms with Crippen LogP contribution in [0.4, 0.5) is 0 Å². The second kappa shape index (κ2) is 2.98. The van der Waals surface area contributed by atoms with E-state index < -0.39 is 0 Å². The SMILES string of the molecule is CC(C)N1CCOC2(CNC2)C1. The van der Waals surface area contributed by atoms with E-state index in [0.717, 1.165) is 32.8 Å². The zero-order valence-electron chi connectivity index (χ0n) is 7.97. The Balaban J connectivity index is 1.94. The highest BCUT2D eigenvalue weighted by atomic mass is 16.5. The molecule has 2 fully saturated rings. The quantitative estimate of drug-likeness (QED) is 0.602. The molecule has 0 aliphatic carbocycles. The predicted octanol–water partition coefficient (Wildman–Crippen LogP) is 0.0690. The molecule has 1 spiro atoms. The summed E-state index contributed by atoms with van der Waals surface area (Å²) in [5, 5.41) is 3.28. The summed E-state index contributed by atoms with van der Waals surface area (Å²) >= 11 is 0. The van der Waals surface area contributed by atoms with E-state index in [1.54, 1.807) is 0 Å². The molecule has 0 unspecified atom stereocenters. The van der Waals surface area contributed by atoms with Crippen molar-refractivity contribution in [2.75, 3.05) is 32.8 Å².